The molecule has 1 aromatic carbocycles. The van der Waals surface area contributed by atoms with Crippen molar-refractivity contribution in [3.63, 3.8) is 0 Å². The van der Waals surface area contributed by atoms with Gasteiger partial charge in [-0.15, -0.1) is 12.4 Å². The molecule has 8 heteroatoms. The van der Waals surface area contributed by atoms with E-state index in [1.165, 1.54) is 6.20 Å². The Morgan fingerprint density at radius 2 is 2.12 bits per heavy atom. The number of carboxylic acid groups (broad SMARTS) is 1. The Hall–Kier alpha value is -1.76. The van der Waals surface area contributed by atoms with Gasteiger partial charge in [0.25, 0.3) is 0 Å². The molecule has 3 heterocycles. The van der Waals surface area contributed by atoms with Crippen molar-refractivity contribution in [1.29, 1.82) is 0 Å². The standard InChI is InChI=1S/C18H20ClN3O3.ClH/c1-9-7-21(4-3-20-9)16-11-5-10(2)22-8-13(18(24)25)17(23)12(15(11)22)6-14(16)19;/h6,8-10,20H,3-5,7H2,1-2H3,(H,24,25);1H. The highest BCUT2D eigenvalue weighted by Crippen LogP contribution is 2.42. The first-order valence-electron chi connectivity index (χ1n) is 8.50. The van der Waals surface area contributed by atoms with E-state index in [9.17, 15) is 14.7 Å². The Balaban J connectivity index is 0.00000196. The molecule has 2 aromatic rings. The lowest BCUT2D eigenvalue weighted by molar-refractivity contribution is 0.0695. The number of anilines is 1. The van der Waals surface area contributed by atoms with Gasteiger partial charge in [0.05, 0.1) is 16.2 Å². The lowest BCUT2D eigenvalue weighted by Gasteiger charge is -2.35. The summed E-state index contributed by atoms with van der Waals surface area (Å²) in [5.41, 5.74) is 2.21. The Kier molecular flexibility index (Phi) is 4.94. The molecule has 140 valence electrons. The van der Waals surface area contributed by atoms with Crippen LogP contribution in [0.1, 0.15) is 35.8 Å². The van der Waals surface area contributed by atoms with E-state index < -0.39 is 11.4 Å². The zero-order chi connectivity index (χ0) is 17.9. The first kappa shape index (κ1) is 19.0. The van der Waals surface area contributed by atoms with Crippen molar-refractivity contribution in [3.8, 4) is 0 Å². The number of hydrogen-bond donors (Lipinski definition) is 2. The van der Waals surface area contributed by atoms with Crippen LogP contribution in [-0.2, 0) is 6.42 Å². The molecule has 0 amide bonds. The van der Waals surface area contributed by atoms with Crippen LogP contribution in [0.5, 0.6) is 0 Å². The molecule has 0 radical (unpaired) electrons. The average molecular weight is 398 g/mol. The molecule has 4 rings (SSSR count). The van der Waals surface area contributed by atoms with E-state index in [2.05, 4.69) is 17.1 Å². The molecule has 0 saturated carbocycles. The minimum atomic E-state index is -1.20. The fraction of sp³-hybridized carbons (Fsp3) is 0.444. The molecular weight excluding hydrogens is 377 g/mol. The summed E-state index contributed by atoms with van der Waals surface area (Å²) in [5, 5.41) is 13.7. The predicted octanol–water partition coefficient (Wildman–Crippen LogP) is 2.69. The molecule has 1 aromatic heterocycles. The third-order valence-corrected chi connectivity index (χ3v) is 5.52. The third-order valence-electron chi connectivity index (χ3n) is 5.23. The Morgan fingerprint density at radius 1 is 1.38 bits per heavy atom. The van der Waals surface area contributed by atoms with Crippen LogP contribution in [-0.4, -0.2) is 41.3 Å². The van der Waals surface area contributed by atoms with Crippen molar-refractivity contribution < 1.29 is 9.90 Å². The highest BCUT2D eigenvalue weighted by atomic mass is 35.5. The van der Waals surface area contributed by atoms with Crippen molar-refractivity contribution in [2.24, 2.45) is 0 Å². The van der Waals surface area contributed by atoms with Crippen molar-refractivity contribution in [2.75, 3.05) is 24.5 Å². The molecule has 0 bridgehead atoms. The van der Waals surface area contributed by atoms with E-state index in [1.54, 1.807) is 6.07 Å². The molecule has 2 atom stereocenters. The maximum atomic E-state index is 12.6. The molecule has 26 heavy (non-hydrogen) atoms. The number of hydrogen-bond acceptors (Lipinski definition) is 4. The molecule has 0 spiro atoms. The third kappa shape index (κ3) is 2.76. The van der Waals surface area contributed by atoms with E-state index in [0.29, 0.717) is 16.5 Å². The van der Waals surface area contributed by atoms with Gasteiger partial charge in [0.1, 0.15) is 5.56 Å². The van der Waals surface area contributed by atoms with Crippen LogP contribution < -0.4 is 15.6 Å². The molecule has 1 fully saturated rings. The number of nitrogens with one attached hydrogen (secondary N) is 1. The van der Waals surface area contributed by atoms with Gasteiger partial charge < -0.3 is 19.9 Å². The van der Waals surface area contributed by atoms with Gasteiger partial charge >= 0.3 is 5.97 Å². The normalized spacial score (nSPS) is 21.7. The number of halogens is 2. The summed E-state index contributed by atoms with van der Waals surface area (Å²) >= 11 is 6.59. The second-order valence-electron chi connectivity index (χ2n) is 7.02. The number of aromatic carboxylic acids is 1. The van der Waals surface area contributed by atoms with E-state index in [1.807, 2.05) is 11.5 Å². The van der Waals surface area contributed by atoms with Gasteiger partial charge in [-0.3, -0.25) is 4.79 Å². The smallest absolute Gasteiger partial charge is 0.341 e. The van der Waals surface area contributed by atoms with Gasteiger partial charge in [-0.1, -0.05) is 11.6 Å². The van der Waals surface area contributed by atoms with Crippen LogP contribution in [0.4, 0.5) is 5.69 Å². The lowest BCUT2D eigenvalue weighted by Crippen LogP contribution is -2.49. The molecule has 1 saturated heterocycles. The van der Waals surface area contributed by atoms with Crippen molar-refractivity contribution in [3.05, 3.63) is 38.6 Å². The Morgan fingerprint density at radius 3 is 2.77 bits per heavy atom. The summed E-state index contributed by atoms with van der Waals surface area (Å²) in [6, 6.07) is 2.10. The maximum absolute atomic E-state index is 12.6. The van der Waals surface area contributed by atoms with Crippen LogP contribution in [0.25, 0.3) is 10.9 Å². The minimum Gasteiger partial charge on any atom is -0.477 e. The first-order valence-corrected chi connectivity index (χ1v) is 8.88. The first-order chi connectivity index (χ1) is 11.9. The summed E-state index contributed by atoms with van der Waals surface area (Å²) in [6.07, 6.45) is 2.22. The van der Waals surface area contributed by atoms with Gasteiger partial charge in [0.15, 0.2) is 0 Å². The van der Waals surface area contributed by atoms with Crippen LogP contribution in [0.3, 0.4) is 0 Å². The number of carboxylic acids is 1. The molecule has 6 nitrogen and oxygen atoms in total. The number of nitrogens with zero attached hydrogens (tertiary/aromatic N) is 2. The molecule has 0 aliphatic carbocycles. The zero-order valence-electron chi connectivity index (χ0n) is 14.6. The minimum absolute atomic E-state index is 0. The summed E-state index contributed by atoms with van der Waals surface area (Å²) in [4.78, 5) is 26.3. The second kappa shape index (κ2) is 6.76. The molecule has 2 unspecified atom stereocenters. The van der Waals surface area contributed by atoms with Gasteiger partial charge in [-0.25, -0.2) is 4.79 Å². The summed E-state index contributed by atoms with van der Waals surface area (Å²) in [7, 11) is 0. The van der Waals surface area contributed by atoms with E-state index >= 15 is 0 Å². The van der Waals surface area contributed by atoms with Gasteiger partial charge in [0, 0.05) is 48.9 Å². The van der Waals surface area contributed by atoms with E-state index in [4.69, 9.17) is 11.6 Å². The van der Waals surface area contributed by atoms with Gasteiger partial charge in [-0.2, -0.15) is 0 Å². The summed E-state index contributed by atoms with van der Waals surface area (Å²) < 4.78 is 1.92. The van der Waals surface area contributed by atoms with Crippen LogP contribution in [0.2, 0.25) is 5.02 Å². The number of carbonyl (C=O) groups is 1. The average Bonchev–Trinajstić information content (AvgIpc) is 2.87. The summed E-state index contributed by atoms with van der Waals surface area (Å²) in [5.74, 6) is -1.20. The highest BCUT2D eigenvalue weighted by molar-refractivity contribution is 6.34. The Bertz CT molecular complexity index is 957. The quantitative estimate of drug-likeness (QED) is 0.814. The molecule has 2 N–H and O–H groups in total. The molecular formula is C18H21Cl2N3O3. The highest BCUT2D eigenvalue weighted by Gasteiger charge is 2.31. The van der Waals surface area contributed by atoms with Gasteiger partial charge in [-0.05, 0) is 26.3 Å². The van der Waals surface area contributed by atoms with Gasteiger partial charge in [0.2, 0.25) is 5.43 Å². The Labute approximate surface area is 162 Å². The molecule has 2 aliphatic heterocycles. The van der Waals surface area contributed by atoms with Crippen LogP contribution >= 0.6 is 24.0 Å². The van der Waals surface area contributed by atoms with Crippen molar-refractivity contribution >= 4 is 46.6 Å². The van der Waals surface area contributed by atoms with Crippen molar-refractivity contribution in [2.45, 2.75) is 32.4 Å². The van der Waals surface area contributed by atoms with Crippen LogP contribution in [0.15, 0.2) is 17.1 Å². The van der Waals surface area contributed by atoms with Crippen LogP contribution in [0, 0.1) is 0 Å². The molecule has 2 aliphatic rings. The van der Waals surface area contributed by atoms with E-state index in [0.717, 1.165) is 42.8 Å². The number of aromatic nitrogens is 1. The SMILES string of the molecule is CC1CN(c2c(Cl)cc3c(=O)c(C(=O)O)cn4c3c2CC4C)CCN1.Cl. The monoisotopic (exact) mass is 397 g/mol. The fourth-order valence-corrected chi connectivity index (χ4v) is 4.46. The fourth-order valence-electron chi connectivity index (χ4n) is 4.12. The maximum Gasteiger partial charge on any atom is 0.341 e. The van der Waals surface area contributed by atoms with Crippen molar-refractivity contribution in [1.82, 2.24) is 9.88 Å². The predicted molar refractivity (Wildman–Crippen MR) is 106 cm³/mol. The second-order valence-corrected chi connectivity index (χ2v) is 7.43. The number of piperazine rings is 1. The van der Waals surface area contributed by atoms with E-state index in [-0.39, 0.29) is 24.0 Å². The lowest BCUT2D eigenvalue weighted by atomic mass is 10.0. The number of benzene rings is 1. The zero-order valence-corrected chi connectivity index (χ0v) is 16.2. The number of rotatable bonds is 2. The topological polar surface area (TPSA) is 74.6 Å². The summed E-state index contributed by atoms with van der Waals surface area (Å²) in [6.45, 7) is 6.76. The largest absolute Gasteiger partial charge is 0.477 e. The number of pyridine rings is 1.